The minimum atomic E-state index is -0.284. The predicted molar refractivity (Wildman–Crippen MR) is 151 cm³/mol. The van der Waals surface area contributed by atoms with Gasteiger partial charge in [0, 0.05) is 36.0 Å². The molecule has 0 bridgehead atoms. The van der Waals surface area contributed by atoms with Gasteiger partial charge >= 0.3 is 0 Å². The number of aryl methyl sites for hydroxylation is 1. The zero-order valence-corrected chi connectivity index (χ0v) is 22.4. The fraction of sp³-hybridized carbons (Fsp3) is 0.259. The maximum Gasteiger partial charge on any atom is 0.255 e. The molecule has 0 radical (unpaired) electrons. The van der Waals surface area contributed by atoms with Crippen LogP contribution in [0, 0.1) is 6.92 Å². The van der Waals surface area contributed by atoms with E-state index >= 15 is 0 Å². The molecule has 3 rings (SSSR count). The lowest BCUT2D eigenvalue weighted by molar-refractivity contribution is 0.102. The molecule has 1 aromatic heterocycles. The van der Waals surface area contributed by atoms with Crippen LogP contribution >= 0.6 is 11.9 Å². The van der Waals surface area contributed by atoms with Crippen LogP contribution < -0.4 is 31.4 Å². The average molecular weight is 507 g/mol. The minimum Gasteiger partial charge on any atom is -0.492 e. The second-order valence-corrected chi connectivity index (χ2v) is 9.96. The third-order valence-electron chi connectivity index (χ3n) is 5.64. The number of pyridine rings is 1. The highest BCUT2D eigenvalue weighted by Crippen LogP contribution is 2.39. The molecule has 0 saturated carbocycles. The number of aromatic nitrogens is 1. The summed E-state index contributed by atoms with van der Waals surface area (Å²) in [6, 6.07) is 13.0. The summed E-state index contributed by atoms with van der Waals surface area (Å²) in [5.74, 6) is 6.59. The Kier molecular flexibility index (Phi) is 8.49. The molecule has 3 aromatic rings. The number of ether oxygens (including phenoxy) is 1. The molecular formula is C27H34N6O2S. The third-order valence-corrected chi connectivity index (χ3v) is 6.07. The number of carbonyl (C=O) groups is 1. The molecular weight excluding hydrogens is 472 g/mol. The molecule has 2 aromatic carbocycles. The lowest BCUT2D eigenvalue weighted by Crippen LogP contribution is -2.27. The molecule has 0 fully saturated rings. The van der Waals surface area contributed by atoms with Gasteiger partial charge in [0.15, 0.2) is 5.75 Å². The van der Waals surface area contributed by atoms with Crippen LogP contribution in [0.5, 0.6) is 5.75 Å². The molecule has 0 aliphatic carbocycles. The Balaban J connectivity index is 1.94. The number of anilines is 3. The van der Waals surface area contributed by atoms with Crippen LogP contribution in [0.15, 0.2) is 61.1 Å². The topological polar surface area (TPSA) is 119 Å². The van der Waals surface area contributed by atoms with E-state index in [0.717, 1.165) is 22.4 Å². The summed E-state index contributed by atoms with van der Waals surface area (Å²) < 4.78 is 8.91. The Morgan fingerprint density at radius 2 is 1.86 bits per heavy atom. The van der Waals surface area contributed by atoms with Gasteiger partial charge in [0.25, 0.3) is 5.91 Å². The molecule has 0 saturated heterocycles. The fourth-order valence-electron chi connectivity index (χ4n) is 3.61. The van der Waals surface area contributed by atoms with Gasteiger partial charge in [-0.3, -0.25) is 14.8 Å². The molecule has 0 atom stereocenters. The standard InChI is InChI=1S/C27H34N6O2S/c1-17-9-10-18(12-24(17)33(29)16-21(28)19-8-7-11-30-15-19)26(34)31-22-13-20(27(2,3)4)14-23(32-36-6)25(22)35-5/h7-16,32H,28-29H2,1-6H3,(H,31,34)/b21-16-. The number of hydrazine groups is 1. The van der Waals surface area contributed by atoms with E-state index in [-0.39, 0.29) is 11.3 Å². The van der Waals surface area contributed by atoms with E-state index in [1.807, 2.05) is 37.4 Å². The van der Waals surface area contributed by atoms with Gasteiger partial charge in [0.05, 0.1) is 29.9 Å². The summed E-state index contributed by atoms with van der Waals surface area (Å²) in [7, 11) is 1.59. The maximum atomic E-state index is 13.3. The van der Waals surface area contributed by atoms with E-state index in [0.29, 0.717) is 28.4 Å². The SMILES string of the molecule is COc1c(NSC)cc(C(C)(C)C)cc1NC(=O)c1ccc(C)c(N(N)/C=C(\N)c2cccnc2)c1. The number of nitrogens with two attached hydrogens (primary N) is 2. The van der Waals surface area contributed by atoms with E-state index in [9.17, 15) is 4.79 Å². The van der Waals surface area contributed by atoms with E-state index in [2.05, 4.69) is 35.8 Å². The van der Waals surface area contributed by atoms with Gasteiger partial charge in [-0.2, -0.15) is 0 Å². The molecule has 1 amide bonds. The maximum absolute atomic E-state index is 13.3. The molecule has 36 heavy (non-hydrogen) atoms. The van der Waals surface area contributed by atoms with Crippen molar-refractivity contribution in [2.75, 3.05) is 28.4 Å². The lowest BCUT2D eigenvalue weighted by Gasteiger charge is -2.24. The summed E-state index contributed by atoms with van der Waals surface area (Å²) in [6.07, 6.45) is 6.88. The Labute approximate surface area is 217 Å². The first kappa shape index (κ1) is 26.9. The fourth-order valence-corrected chi connectivity index (χ4v) is 3.98. The zero-order chi connectivity index (χ0) is 26.5. The van der Waals surface area contributed by atoms with Crippen molar-refractivity contribution in [2.24, 2.45) is 11.6 Å². The Morgan fingerprint density at radius 1 is 1.14 bits per heavy atom. The predicted octanol–water partition coefficient (Wildman–Crippen LogP) is 5.28. The van der Waals surface area contributed by atoms with E-state index in [1.54, 1.807) is 43.9 Å². The summed E-state index contributed by atoms with van der Waals surface area (Å²) >= 11 is 1.46. The Hall–Kier alpha value is -3.69. The Bertz CT molecular complexity index is 1260. The number of amides is 1. The van der Waals surface area contributed by atoms with Crippen molar-refractivity contribution in [2.45, 2.75) is 33.1 Å². The van der Waals surface area contributed by atoms with Gasteiger partial charge < -0.3 is 20.5 Å². The number of carbonyl (C=O) groups excluding carboxylic acids is 1. The summed E-state index contributed by atoms with van der Waals surface area (Å²) in [5, 5.41) is 4.43. The van der Waals surface area contributed by atoms with Crippen LogP contribution in [0.3, 0.4) is 0 Å². The minimum absolute atomic E-state index is 0.127. The summed E-state index contributed by atoms with van der Waals surface area (Å²) in [6.45, 7) is 8.28. The van der Waals surface area contributed by atoms with Crippen LogP contribution in [0.25, 0.3) is 5.70 Å². The quantitative estimate of drug-likeness (QED) is 0.185. The van der Waals surface area contributed by atoms with Crippen molar-refractivity contribution in [3.63, 3.8) is 0 Å². The number of hydrogen-bond acceptors (Lipinski definition) is 8. The molecule has 0 spiro atoms. The molecule has 190 valence electrons. The van der Waals surface area contributed by atoms with Crippen molar-refractivity contribution in [1.82, 2.24) is 4.98 Å². The highest BCUT2D eigenvalue weighted by Gasteiger charge is 2.21. The number of nitrogens with one attached hydrogen (secondary N) is 2. The van der Waals surface area contributed by atoms with Crippen molar-refractivity contribution < 1.29 is 9.53 Å². The lowest BCUT2D eigenvalue weighted by atomic mass is 9.86. The first-order chi connectivity index (χ1) is 17.0. The largest absolute Gasteiger partial charge is 0.492 e. The van der Waals surface area contributed by atoms with Crippen molar-refractivity contribution in [3.05, 3.63) is 83.3 Å². The number of hydrogen-bond donors (Lipinski definition) is 4. The molecule has 1 heterocycles. The van der Waals surface area contributed by atoms with Crippen LogP contribution in [0.1, 0.15) is 47.8 Å². The number of rotatable bonds is 8. The molecule has 0 aliphatic heterocycles. The van der Waals surface area contributed by atoms with Crippen LogP contribution in [0.4, 0.5) is 17.1 Å². The van der Waals surface area contributed by atoms with Gasteiger partial charge in [0.1, 0.15) is 0 Å². The second-order valence-electron chi connectivity index (χ2n) is 9.35. The first-order valence-corrected chi connectivity index (χ1v) is 12.6. The zero-order valence-electron chi connectivity index (χ0n) is 21.5. The first-order valence-electron chi connectivity index (χ1n) is 11.4. The molecule has 0 unspecified atom stereocenters. The van der Waals surface area contributed by atoms with Crippen molar-refractivity contribution >= 4 is 40.6 Å². The summed E-state index contributed by atoms with van der Waals surface area (Å²) in [5.41, 5.74) is 11.7. The summed E-state index contributed by atoms with van der Waals surface area (Å²) in [4.78, 5) is 17.4. The molecule has 0 aliphatic rings. The van der Waals surface area contributed by atoms with E-state index in [1.165, 1.54) is 17.0 Å². The van der Waals surface area contributed by atoms with Gasteiger partial charge in [-0.25, -0.2) is 5.84 Å². The number of benzene rings is 2. The van der Waals surface area contributed by atoms with Gasteiger partial charge in [-0.05, 0) is 59.9 Å². The van der Waals surface area contributed by atoms with Crippen LogP contribution in [-0.4, -0.2) is 24.3 Å². The van der Waals surface area contributed by atoms with Crippen LogP contribution in [0.2, 0.25) is 0 Å². The van der Waals surface area contributed by atoms with E-state index in [4.69, 9.17) is 16.3 Å². The second kappa shape index (κ2) is 11.4. The van der Waals surface area contributed by atoms with Crippen molar-refractivity contribution in [1.29, 1.82) is 0 Å². The highest BCUT2D eigenvalue weighted by molar-refractivity contribution is 7.99. The van der Waals surface area contributed by atoms with Gasteiger partial charge in [0.2, 0.25) is 0 Å². The monoisotopic (exact) mass is 506 g/mol. The van der Waals surface area contributed by atoms with Crippen LogP contribution in [-0.2, 0) is 5.41 Å². The van der Waals surface area contributed by atoms with E-state index < -0.39 is 0 Å². The van der Waals surface area contributed by atoms with Gasteiger partial charge in [-0.15, -0.1) is 0 Å². The van der Waals surface area contributed by atoms with Gasteiger partial charge in [-0.1, -0.05) is 38.8 Å². The molecule has 8 nitrogen and oxygen atoms in total. The smallest absolute Gasteiger partial charge is 0.255 e. The molecule has 9 heteroatoms. The highest BCUT2D eigenvalue weighted by atomic mass is 32.2. The Morgan fingerprint density at radius 3 is 2.47 bits per heavy atom. The number of nitrogens with zero attached hydrogens (tertiary/aromatic N) is 2. The normalized spacial score (nSPS) is 11.7. The average Bonchev–Trinajstić information content (AvgIpc) is 2.84. The third kappa shape index (κ3) is 6.30. The van der Waals surface area contributed by atoms with Crippen molar-refractivity contribution in [3.8, 4) is 5.75 Å². The molecule has 6 N–H and O–H groups in total. The number of methoxy groups -OCH3 is 1.